The Morgan fingerprint density at radius 2 is 2.33 bits per heavy atom. The molecule has 0 saturated heterocycles. The number of methoxy groups -OCH3 is 1. The Balaban J connectivity index is 2.33. The van der Waals surface area contributed by atoms with E-state index in [4.69, 9.17) is 10.5 Å². The van der Waals surface area contributed by atoms with Crippen LogP contribution in [0.5, 0.6) is 0 Å². The first kappa shape index (κ1) is 12.5. The maximum atomic E-state index is 11.8. The van der Waals surface area contributed by atoms with Crippen LogP contribution in [0.25, 0.3) is 0 Å². The van der Waals surface area contributed by atoms with E-state index in [0.717, 1.165) is 25.7 Å². The van der Waals surface area contributed by atoms with Crippen LogP contribution in [0.15, 0.2) is 0 Å². The fraction of sp³-hybridized carbons (Fsp3) is 0.909. The molecule has 3 atom stereocenters. The molecule has 1 saturated carbocycles. The van der Waals surface area contributed by atoms with Crippen LogP contribution in [0, 0.1) is 5.92 Å². The Hall–Kier alpha value is -0.610. The fourth-order valence-corrected chi connectivity index (χ4v) is 2.04. The molecule has 1 aliphatic rings. The third-order valence-electron chi connectivity index (χ3n) is 3.05. The first-order chi connectivity index (χ1) is 7.17. The van der Waals surface area contributed by atoms with Crippen LogP contribution in [0.1, 0.15) is 32.6 Å². The van der Waals surface area contributed by atoms with Crippen molar-refractivity contribution < 1.29 is 9.53 Å². The fourth-order valence-electron chi connectivity index (χ4n) is 2.04. The number of carbonyl (C=O) groups excluding carboxylic acids is 1. The van der Waals surface area contributed by atoms with Crippen LogP contribution in [0.3, 0.4) is 0 Å². The zero-order valence-electron chi connectivity index (χ0n) is 9.66. The number of ether oxygens (including phenoxy) is 1. The van der Waals surface area contributed by atoms with Crippen LogP contribution in [-0.4, -0.2) is 31.7 Å². The van der Waals surface area contributed by atoms with Crippen molar-refractivity contribution in [2.24, 2.45) is 11.7 Å². The number of hydrogen-bond donors (Lipinski definition) is 2. The third-order valence-corrected chi connectivity index (χ3v) is 3.05. The molecular weight excluding hydrogens is 192 g/mol. The molecule has 0 spiro atoms. The summed E-state index contributed by atoms with van der Waals surface area (Å²) in [6.45, 7) is 2.63. The van der Waals surface area contributed by atoms with Gasteiger partial charge in [0.05, 0.1) is 12.6 Å². The summed E-state index contributed by atoms with van der Waals surface area (Å²) >= 11 is 0. The molecule has 1 fully saturated rings. The van der Waals surface area contributed by atoms with Crippen molar-refractivity contribution in [3.63, 3.8) is 0 Å². The molecule has 0 aliphatic heterocycles. The minimum atomic E-state index is 0.117. The Bertz CT molecular complexity index is 209. The van der Waals surface area contributed by atoms with Crippen LogP contribution >= 0.6 is 0 Å². The predicted molar refractivity (Wildman–Crippen MR) is 59.4 cm³/mol. The van der Waals surface area contributed by atoms with Gasteiger partial charge in [0.1, 0.15) is 0 Å². The molecule has 0 heterocycles. The van der Waals surface area contributed by atoms with Gasteiger partial charge >= 0.3 is 0 Å². The number of rotatable bonds is 5. The highest BCUT2D eigenvalue weighted by Crippen LogP contribution is 2.24. The standard InChI is InChI=1S/C11H22N2O2/c1-3-10(7-15-2)13-11(14)8-4-5-9(12)6-8/h8-10H,3-7,12H2,1-2H3,(H,13,14). The van der Waals surface area contributed by atoms with Crippen molar-refractivity contribution in [3.8, 4) is 0 Å². The van der Waals surface area contributed by atoms with Crippen molar-refractivity contribution in [2.75, 3.05) is 13.7 Å². The predicted octanol–water partition coefficient (Wildman–Crippen LogP) is 0.655. The summed E-state index contributed by atoms with van der Waals surface area (Å²) in [4.78, 5) is 11.8. The summed E-state index contributed by atoms with van der Waals surface area (Å²) < 4.78 is 5.04. The smallest absolute Gasteiger partial charge is 0.223 e. The van der Waals surface area contributed by atoms with Gasteiger partial charge in [0, 0.05) is 19.1 Å². The van der Waals surface area contributed by atoms with Gasteiger partial charge in [0.2, 0.25) is 5.91 Å². The second-order valence-corrected chi connectivity index (χ2v) is 4.34. The quantitative estimate of drug-likeness (QED) is 0.706. The summed E-state index contributed by atoms with van der Waals surface area (Å²) in [5.41, 5.74) is 5.78. The van der Waals surface area contributed by atoms with Crippen molar-refractivity contribution in [1.29, 1.82) is 0 Å². The van der Waals surface area contributed by atoms with E-state index in [9.17, 15) is 4.79 Å². The molecule has 3 unspecified atom stereocenters. The van der Waals surface area contributed by atoms with Crippen molar-refractivity contribution in [2.45, 2.75) is 44.7 Å². The molecule has 0 aromatic rings. The first-order valence-corrected chi connectivity index (χ1v) is 5.72. The number of amides is 1. The minimum Gasteiger partial charge on any atom is -0.383 e. The Labute approximate surface area is 91.5 Å². The molecular formula is C11H22N2O2. The molecule has 4 nitrogen and oxygen atoms in total. The zero-order chi connectivity index (χ0) is 11.3. The van der Waals surface area contributed by atoms with Gasteiger partial charge in [-0.2, -0.15) is 0 Å². The molecule has 4 heteroatoms. The van der Waals surface area contributed by atoms with Gasteiger partial charge in [-0.15, -0.1) is 0 Å². The van der Waals surface area contributed by atoms with Crippen LogP contribution in [-0.2, 0) is 9.53 Å². The number of carbonyl (C=O) groups is 1. The molecule has 0 bridgehead atoms. The summed E-state index contributed by atoms with van der Waals surface area (Å²) in [5, 5.41) is 3.01. The molecule has 88 valence electrons. The lowest BCUT2D eigenvalue weighted by molar-refractivity contribution is -0.126. The molecule has 3 N–H and O–H groups in total. The van der Waals surface area contributed by atoms with Gasteiger partial charge in [-0.1, -0.05) is 6.92 Å². The monoisotopic (exact) mass is 214 g/mol. The largest absolute Gasteiger partial charge is 0.383 e. The molecule has 1 amide bonds. The molecule has 0 aromatic heterocycles. The summed E-state index contributed by atoms with van der Waals surface area (Å²) in [5.74, 6) is 0.262. The summed E-state index contributed by atoms with van der Waals surface area (Å²) in [6, 6.07) is 0.350. The van der Waals surface area contributed by atoms with E-state index in [1.165, 1.54) is 0 Å². The van der Waals surface area contributed by atoms with Crippen LogP contribution in [0.2, 0.25) is 0 Å². The average molecular weight is 214 g/mol. The molecule has 0 aromatic carbocycles. The Morgan fingerprint density at radius 3 is 2.80 bits per heavy atom. The van der Waals surface area contributed by atoms with E-state index < -0.39 is 0 Å². The van der Waals surface area contributed by atoms with E-state index in [0.29, 0.717) is 6.61 Å². The summed E-state index contributed by atoms with van der Waals surface area (Å²) in [7, 11) is 1.65. The molecule has 1 rings (SSSR count). The van der Waals surface area contributed by atoms with Crippen molar-refractivity contribution in [1.82, 2.24) is 5.32 Å². The lowest BCUT2D eigenvalue weighted by Crippen LogP contribution is -2.40. The van der Waals surface area contributed by atoms with Crippen molar-refractivity contribution in [3.05, 3.63) is 0 Å². The molecule has 15 heavy (non-hydrogen) atoms. The van der Waals surface area contributed by atoms with E-state index in [1.807, 2.05) is 6.92 Å². The number of nitrogens with one attached hydrogen (secondary N) is 1. The maximum absolute atomic E-state index is 11.8. The van der Waals surface area contributed by atoms with E-state index in [-0.39, 0.29) is 23.9 Å². The van der Waals surface area contributed by atoms with Gasteiger partial charge < -0.3 is 15.8 Å². The Morgan fingerprint density at radius 1 is 1.60 bits per heavy atom. The highest BCUT2D eigenvalue weighted by molar-refractivity contribution is 5.79. The van der Waals surface area contributed by atoms with E-state index >= 15 is 0 Å². The second-order valence-electron chi connectivity index (χ2n) is 4.34. The van der Waals surface area contributed by atoms with Crippen LogP contribution < -0.4 is 11.1 Å². The Kier molecular flexibility index (Phi) is 5.05. The van der Waals surface area contributed by atoms with E-state index in [1.54, 1.807) is 7.11 Å². The van der Waals surface area contributed by atoms with Gasteiger partial charge in [0.25, 0.3) is 0 Å². The number of nitrogens with two attached hydrogens (primary N) is 1. The van der Waals surface area contributed by atoms with Gasteiger partial charge in [-0.25, -0.2) is 0 Å². The lowest BCUT2D eigenvalue weighted by Gasteiger charge is -2.18. The first-order valence-electron chi connectivity index (χ1n) is 5.72. The third kappa shape index (κ3) is 3.80. The van der Waals surface area contributed by atoms with Crippen molar-refractivity contribution >= 4 is 5.91 Å². The number of hydrogen-bond acceptors (Lipinski definition) is 3. The topological polar surface area (TPSA) is 64.3 Å². The van der Waals surface area contributed by atoms with Gasteiger partial charge in [-0.3, -0.25) is 4.79 Å². The zero-order valence-corrected chi connectivity index (χ0v) is 9.66. The van der Waals surface area contributed by atoms with Gasteiger partial charge in [0.15, 0.2) is 0 Å². The van der Waals surface area contributed by atoms with Crippen LogP contribution in [0.4, 0.5) is 0 Å². The average Bonchev–Trinajstić information content (AvgIpc) is 2.64. The van der Waals surface area contributed by atoms with Gasteiger partial charge in [-0.05, 0) is 25.7 Å². The molecule has 1 aliphatic carbocycles. The highest BCUT2D eigenvalue weighted by Gasteiger charge is 2.28. The lowest BCUT2D eigenvalue weighted by atomic mass is 10.1. The minimum absolute atomic E-state index is 0.117. The molecule has 0 radical (unpaired) electrons. The second kappa shape index (κ2) is 6.08. The summed E-state index contributed by atoms with van der Waals surface area (Å²) in [6.07, 6.45) is 3.63. The SMILES string of the molecule is CCC(COC)NC(=O)C1CCC(N)C1. The van der Waals surface area contributed by atoms with E-state index in [2.05, 4.69) is 5.32 Å². The normalized spacial score (nSPS) is 27.7. The maximum Gasteiger partial charge on any atom is 0.223 e. The highest BCUT2D eigenvalue weighted by atomic mass is 16.5.